The molecule has 4 rings (SSSR count). The molecule has 160 valence electrons. The molecule has 0 aliphatic carbocycles. The lowest BCUT2D eigenvalue weighted by molar-refractivity contribution is 0.0940. The highest BCUT2D eigenvalue weighted by Crippen LogP contribution is 2.30. The minimum absolute atomic E-state index is 0.00713. The maximum Gasteiger partial charge on any atom is 0.257 e. The number of amides is 1. The zero-order valence-electron chi connectivity index (χ0n) is 17.6. The van der Waals surface area contributed by atoms with E-state index in [0.29, 0.717) is 36.5 Å². The van der Waals surface area contributed by atoms with Gasteiger partial charge in [0.1, 0.15) is 23.0 Å². The van der Waals surface area contributed by atoms with Gasteiger partial charge in [-0.15, -0.1) is 0 Å². The largest absolute Gasteiger partial charge is 0.508 e. The van der Waals surface area contributed by atoms with E-state index >= 15 is 0 Å². The number of carbonyl (C=O) groups is 1. The van der Waals surface area contributed by atoms with Crippen molar-refractivity contribution in [3.8, 4) is 0 Å². The molecule has 2 heterocycles. The number of hydrogen-bond donors (Lipinski definition) is 2. The molecule has 0 bridgehead atoms. The van der Waals surface area contributed by atoms with E-state index in [1.165, 1.54) is 12.1 Å². The van der Waals surface area contributed by atoms with E-state index in [9.17, 15) is 14.3 Å². The van der Waals surface area contributed by atoms with E-state index in [4.69, 9.17) is 0 Å². The standard InChI is InChI=1S/C24H25FN4O2/c1-15(19-7-9-20(10-8-19)17(3)30)26-23(31)22-16(2)27-29-12-11-28(24(22)29)14-18-5-4-6-21(25)13-18/h4-10,13,15,30H,3,11-12,14H2,1-2H3,(H,26,31)/t15-/m0/s1. The predicted molar refractivity (Wildman–Crippen MR) is 118 cm³/mol. The van der Waals surface area contributed by atoms with Crippen molar-refractivity contribution in [3.05, 3.63) is 88.9 Å². The summed E-state index contributed by atoms with van der Waals surface area (Å²) in [7, 11) is 0. The Kier molecular flexibility index (Phi) is 5.50. The number of benzene rings is 2. The van der Waals surface area contributed by atoms with Crippen molar-refractivity contribution in [3.63, 3.8) is 0 Å². The second-order valence-corrected chi connectivity index (χ2v) is 7.82. The first-order chi connectivity index (χ1) is 14.8. The van der Waals surface area contributed by atoms with Crippen LogP contribution < -0.4 is 10.2 Å². The van der Waals surface area contributed by atoms with Gasteiger partial charge in [0.2, 0.25) is 0 Å². The molecule has 1 aliphatic rings. The first-order valence-corrected chi connectivity index (χ1v) is 10.2. The van der Waals surface area contributed by atoms with E-state index in [1.807, 2.05) is 36.7 Å². The van der Waals surface area contributed by atoms with Crippen molar-refractivity contribution in [2.75, 3.05) is 11.4 Å². The summed E-state index contributed by atoms with van der Waals surface area (Å²) >= 11 is 0. The molecular weight excluding hydrogens is 395 g/mol. The van der Waals surface area contributed by atoms with E-state index < -0.39 is 0 Å². The number of aliphatic hydroxyl groups excluding tert-OH is 1. The van der Waals surface area contributed by atoms with Gasteiger partial charge in [-0.25, -0.2) is 9.07 Å². The molecule has 1 aliphatic heterocycles. The van der Waals surface area contributed by atoms with Crippen LogP contribution in [-0.4, -0.2) is 27.3 Å². The first-order valence-electron chi connectivity index (χ1n) is 10.2. The van der Waals surface area contributed by atoms with Crippen molar-refractivity contribution < 1.29 is 14.3 Å². The fourth-order valence-electron chi connectivity index (χ4n) is 3.96. The van der Waals surface area contributed by atoms with Crippen LogP contribution in [0.4, 0.5) is 10.2 Å². The van der Waals surface area contributed by atoms with Gasteiger partial charge in [-0.3, -0.25) is 4.79 Å². The van der Waals surface area contributed by atoms with E-state index in [2.05, 4.69) is 21.9 Å². The molecule has 0 radical (unpaired) electrons. The summed E-state index contributed by atoms with van der Waals surface area (Å²) in [6, 6.07) is 13.5. The van der Waals surface area contributed by atoms with Gasteiger partial charge in [0.25, 0.3) is 5.91 Å². The fraction of sp³-hybridized carbons (Fsp3) is 0.250. The third-order valence-corrected chi connectivity index (χ3v) is 5.56. The molecule has 1 atom stereocenters. The van der Waals surface area contributed by atoms with Crippen LogP contribution in [0.15, 0.2) is 55.1 Å². The average molecular weight is 420 g/mol. The van der Waals surface area contributed by atoms with Crippen LogP contribution in [0, 0.1) is 12.7 Å². The lowest BCUT2D eigenvalue weighted by Gasteiger charge is -2.20. The minimum atomic E-state index is -0.274. The molecule has 1 amide bonds. The van der Waals surface area contributed by atoms with Crippen LogP contribution in [0.1, 0.15) is 45.7 Å². The summed E-state index contributed by atoms with van der Waals surface area (Å²) in [4.78, 5) is 15.3. The maximum atomic E-state index is 13.6. The van der Waals surface area contributed by atoms with Gasteiger partial charge < -0.3 is 15.3 Å². The lowest BCUT2D eigenvalue weighted by atomic mass is 10.0. The summed E-state index contributed by atoms with van der Waals surface area (Å²) in [5.74, 6) is 0.295. The fourth-order valence-corrected chi connectivity index (χ4v) is 3.96. The third kappa shape index (κ3) is 4.17. The number of carbonyl (C=O) groups excluding carboxylic acids is 1. The van der Waals surface area contributed by atoms with Crippen LogP contribution in [0.2, 0.25) is 0 Å². The predicted octanol–water partition coefficient (Wildman–Crippen LogP) is 4.37. The molecule has 3 aromatic rings. The molecule has 0 spiro atoms. The monoisotopic (exact) mass is 420 g/mol. The molecule has 1 aromatic heterocycles. The van der Waals surface area contributed by atoms with Crippen LogP contribution in [-0.2, 0) is 13.1 Å². The number of nitrogens with zero attached hydrogens (tertiary/aromatic N) is 3. The number of aryl methyl sites for hydroxylation is 1. The second kappa shape index (κ2) is 8.26. The summed E-state index contributed by atoms with van der Waals surface area (Å²) in [5, 5.41) is 17.1. The molecule has 0 saturated carbocycles. The van der Waals surface area contributed by atoms with Gasteiger partial charge in [-0.2, -0.15) is 5.10 Å². The number of aliphatic hydroxyl groups is 1. The Morgan fingerprint density at radius 1 is 1.26 bits per heavy atom. The minimum Gasteiger partial charge on any atom is -0.508 e. The Labute approximate surface area is 180 Å². The van der Waals surface area contributed by atoms with E-state index in [0.717, 1.165) is 16.9 Å². The van der Waals surface area contributed by atoms with Crippen molar-refractivity contribution in [1.82, 2.24) is 15.1 Å². The van der Waals surface area contributed by atoms with Crippen molar-refractivity contribution in [2.45, 2.75) is 33.0 Å². The lowest BCUT2D eigenvalue weighted by Crippen LogP contribution is -2.29. The highest BCUT2D eigenvalue weighted by molar-refractivity contribution is 6.00. The SMILES string of the molecule is C=C(O)c1ccc([C@H](C)NC(=O)c2c(C)nn3c2N(Cc2cccc(F)c2)CC3)cc1. The molecule has 7 heteroatoms. The highest BCUT2D eigenvalue weighted by atomic mass is 19.1. The number of halogens is 1. The molecule has 0 fully saturated rings. The maximum absolute atomic E-state index is 13.6. The van der Waals surface area contributed by atoms with Gasteiger partial charge in [0.05, 0.1) is 18.3 Å². The highest BCUT2D eigenvalue weighted by Gasteiger charge is 2.30. The summed E-state index contributed by atoms with van der Waals surface area (Å²) in [6.07, 6.45) is 0. The Hall–Kier alpha value is -3.61. The van der Waals surface area contributed by atoms with Gasteiger partial charge in [0.15, 0.2) is 0 Å². The average Bonchev–Trinajstić information content (AvgIpc) is 3.26. The molecule has 2 aromatic carbocycles. The summed E-state index contributed by atoms with van der Waals surface area (Å²) < 4.78 is 15.4. The number of aromatic nitrogens is 2. The molecule has 6 nitrogen and oxygen atoms in total. The van der Waals surface area contributed by atoms with E-state index in [-0.39, 0.29) is 23.5 Å². The summed E-state index contributed by atoms with van der Waals surface area (Å²) in [5.41, 5.74) is 3.60. The quantitative estimate of drug-likeness (QED) is 0.581. The smallest absolute Gasteiger partial charge is 0.257 e. The third-order valence-electron chi connectivity index (χ3n) is 5.56. The van der Waals surface area contributed by atoms with Gasteiger partial charge >= 0.3 is 0 Å². The normalized spacial score (nSPS) is 13.7. The Morgan fingerprint density at radius 2 is 2.00 bits per heavy atom. The van der Waals surface area contributed by atoms with Crippen molar-refractivity contribution in [1.29, 1.82) is 0 Å². The zero-order chi connectivity index (χ0) is 22.1. The topological polar surface area (TPSA) is 70.4 Å². The number of nitrogens with one attached hydrogen (secondary N) is 1. The molecular formula is C24H25FN4O2. The van der Waals surface area contributed by atoms with Gasteiger partial charge in [0, 0.05) is 18.7 Å². The van der Waals surface area contributed by atoms with Crippen molar-refractivity contribution >= 4 is 17.5 Å². The number of anilines is 1. The molecule has 31 heavy (non-hydrogen) atoms. The van der Waals surface area contributed by atoms with Crippen LogP contribution in [0.5, 0.6) is 0 Å². The van der Waals surface area contributed by atoms with Crippen molar-refractivity contribution in [2.24, 2.45) is 0 Å². The van der Waals surface area contributed by atoms with Crippen LogP contribution in [0.3, 0.4) is 0 Å². The first kappa shape index (κ1) is 20.7. The molecule has 2 N–H and O–H groups in total. The second-order valence-electron chi connectivity index (χ2n) is 7.82. The van der Waals surface area contributed by atoms with Crippen LogP contribution in [0.25, 0.3) is 5.76 Å². The summed E-state index contributed by atoms with van der Waals surface area (Å²) in [6.45, 7) is 9.15. The zero-order valence-corrected chi connectivity index (χ0v) is 17.6. The Morgan fingerprint density at radius 3 is 2.68 bits per heavy atom. The molecule has 0 unspecified atom stereocenters. The van der Waals surface area contributed by atoms with Gasteiger partial charge in [-0.1, -0.05) is 43.0 Å². The van der Waals surface area contributed by atoms with Gasteiger partial charge in [-0.05, 0) is 37.1 Å². The number of rotatable bonds is 6. The number of fused-ring (bicyclic) bond motifs is 1. The number of hydrogen-bond acceptors (Lipinski definition) is 4. The molecule has 0 saturated heterocycles. The van der Waals surface area contributed by atoms with E-state index in [1.54, 1.807) is 18.2 Å². The Balaban J connectivity index is 1.54. The Bertz CT molecular complexity index is 1140. The van der Waals surface area contributed by atoms with Crippen LogP contribution >= 0.6 is 0 Å².